The van der Waals surface area contributed by atoms with Crippen molar-refractivity contribution in [3.63, 3.8) is 0 Å². The molecule has 0 atom stereocenters. The van der Waals surface area contributed by atoms with Gasteiger partial charge in [0.2, 0.25) is 5.91 Å². The number of ether oxygens (including phenoxy) is 2. The van der Waals surface area contributed by atoms with Crippen LogP contribution in [0.2, 0.25) is 0 Å². The molecule has 0 aliphatic carbocycles. The van der Waals surface area contributed by atoms with Gasteiger partial charge in [-0.05, 0) is 32.9 Å². The largest absolute Gasteiger partial charge is 0.482 e. The van der Waals surface area contributed by atoms with Crippen molar-refractivity contribution in [2.24, 2.45) is 0 Å². The van der Waals surface area contributed by atoms with E-state index >= 15 is 0 Å². The number of nitrogens with one attached hydrogen (secondary N) is 1. The van der Waals surface area contributed by atoms with Crippen LogP contribution in [-0.4, -0.2) is 55.0 Å². The summed E-state index contributed by atoms with van der Waals surface area (Å²) in [6.45, 7) is 4.72. The number of carbonyl (C=O) groups excluding carboxylic acids is 3. The first kappa shape index (κ1) is 19.5. The van der Waals surface area contributed by atoms with Crippen molar-refractivity contribution in [2.45, 2.75) is 26.3 Å². The van der Waals surface area contributed by atoms with Crippen LogP contribution in [0.15, 0.2) is 30.3 Å². The van der Waals surface area contributed by atoms with Crippen molar-refractivity contribution < 1.29 is 23.9 Å². The van der Waals surface area contributed by atoms with Crippen LogP contribution >= 0.6 is 0 Å². The molecule has 0 unspecified atom stereocenters. The molecule has 1 aromatic rings. The van der Waals surface area contributed by atoms with E-state index in [0.29, 0.717) is 5.75 Å². The highest BCUT2D eigenvalue weighted by Crippen LogP contribution is 2.07. The third-order valence-corrected chi connectivity index (χ3v) is 2.78. The van der Waals surface area contributed by atoms with E-state index in [1.165, 1.54) is 11.9 Å². The molecule has 1 rings (SSSR count). The van der Waals surface area contributed by atoms with E-state index in [9.17, 15) is 14.4 Å². The van der Waals surface area contributed by atoms with Gasteiger partial charge in [-0.1, -0.05) is 18.2 Å². The maximum Gasteiger partial charge on any atom is 0.344 e. The van der Waals surface area contributed by atoms with Crippen molar-refractivity contribution in [2.75, 3.05) is 26.8 Å². The Balaban J connectivity index is 2.29. The second-order valence-electron chi connectivity index (χ2n) is 6.31. The summed E-state index contributed by atoms with van der Waals surface area (Å²) >= 11 is 0. The molecule has 1 N–H and O–H groups in total. The Morgan fingerprint density at radius 2 is 1.71 bits per heavy atom. The third kappa shape index (κ3) is 8.17. The van der Waals surface area contributed by atoms with E-state index in [1.54, 1.807) is 24.3 Å². The molecule has 0 spiro atoms. The van der Waals surface area contributed by atoms with E-state index in [4.69, 9.17) is 9.47 Å². The highest BCUT2D eigenvalue weighted by molar-refractivity contribution is 5.86. The van der Waals surface area contributed by atoms with Gasteiger partial charge in [0.05, 0.1) is 6.54 Å². The highest BCUT2D eigenvalue weighted by Gasteiger charge is 2.18. The molecule has 0 aliphatic heterocycles. The highest BCUT2D eigenvalue weighted by atomic mass is 16.6. The second-order valence-corrected chi connectivity index (χ2v) is 6.31. The van der Waals surface area contributed by atoms with Gasteiger partial charge in [0.25, 0.3) is 5.91 Å². The van der Waals surface area contributed by atoms with Crippen LogP contribution < -0.4 is 10.1 Å². The lowest BCUT2D eigenvalue weighted by Gasteiger charge is -2.23. The van der Waals surface area contributed by atoms with Crippen molar-refractivity contribution in [3.05, 3.63) is 30.3 Å². The molecule has 0 bridgehead atoms. The summed E-state index contributed by atoms with van der Waals surface area (Å²) in [6.07, 6.45) is 0. The first-order valence-electron chi connectivity index (χ1n) is 7.56. The predicted octanol–water partition coefficient (Wildman–Crippen LogP) is 0.982. The van der Waals surface area contributed by atoms with Crippen LogP contribution in [0.3, 0.4) is 0 Å². The van der Waals surface area contributed by atoms with Gasteiger partial charge < -0.3 is 19.7 Å². The zero-order chi connectivity index (χ0) is 18.2. The van der Waals surface area contributed by atoms with Gasteiger partial charge in [-0.2, -0.15) is 0 Å². The Labute approximate surface area is 141 Å². The minimum absolute atomic E-state index is 0.103. The van der Waals surface area contributed by atoms with Gasteiger partial charge in [0.1, 0.15) is 5.75 Å². The molecule has 24 heavy (non-hydrogen) atoms. The predicted molar refractivity (Wildman–Crippen MR) is 88.4 cm³/mol. The molecule has 0 fully saturated rings. The van der Waals surface area contributed by atoms with E-state index < -0.39 is 18.5 Å². The van der Waals surface area contributed by atoms with Crippen molar-refractivity contribution in [1.82, 2.24) is 10.2 Å². The Kier molecular flexibility index (Phi) is 7.23. The maximum absolute atomic E-state index is 11.9. The quantitative estimate of drug-likeness (QED) is 0.750. The number of para-hydroxylation sites is 1. The lowest BCUT2D eigenvalue weighted by molar-refractivity contribution is -0.153. The number of nitrogens with zero attached hydrogens (tertiary/aromatic N) is 1. The molecule has 0 heterocycles. The average Bonchev–Trinajstić information content (AvgIpc) is 2.49. The summed E-state index contributed by atoms with van der Waals surface area (Å²) in [5, 5.41) is 2.75. The zero-order valence-electron chi connectivity index (χ0n) is 14.5. The van der Waals surface area contributed by atoms with Crippen LogP contribution in [0.5, 0.6) is 5.75 Å². The summed E-state index contributed by atoms with van der Waals surface area (Å²) < 4.78 is 10.1. The standard InChI is InChI=1S/C17H24N2O5/c1-17(2,3)18-14(20)10-19(4)15(21)11-24-16(22)12-23-13-8-6-5-7-9-13/h5-9H,10-12H2,1-4H3,(H,18,20). The molecule has 0 aromatic heterocycles. The zero-order valence-corrected chi connectivity index (χ0v) is 14.5. The molecular formula is C17H24N2O5. The summed E-state index contributed by atoms with van der Waals surface area (Å²) in [7, 11) is 1.47. The lowest BCUT2D eigenvalue weighted by Crippen LogP contribution is -2.47. The molecule has 0 aliphatic rings. The number of rotatable bonds is 7. The Morgan fingerprint density at radius 1 is 1.08 bits per heavy atom. The van der Waals surface area contributed by atoms with Crippen molar-refractivity contribution in [1.29, 1.82) is 0 Å². The van der Waals surface area contributed by atoms with E-state index in [0.717, 1.165) is 0 Å². The van der Waals surface area contributed by atoms with Crippen LogP contribution in [0.4, 0.5) is 0 Å². The Bertz CT molecular complexity index is 566. The summed E-state index contributed by atoms with van der Waals surface area (Å²) in [5.41, 5.74) is -0.373. The monoisotopic (exact) mass is 336 g/mol. The fraction of sp³-hybridized carbons (Fsp3) is 0.471. The maximum atomic E-state index is 11.9. The second kappa shape index (κ2) is 8.90. The van der Waals surface area contributed by atoms with Gasteiger partial charge in [0.15, 0.2) is 13.2 Å². The number of hydrogen-bond donors (Lipinski definition) is 1. The first-order chi connectivity index (χ1) is 11.2. The van der Waals surface area contributed by atoms with E-state index in [1.807, 2.05) is 26.8 Å². The molecule has 0 saturated carbocycles. The summed E-state index contributed by atoms with van der Waals surface area (Å²) in [6, 6.07) is 8.80. The first-order valence-corrected chi connectivity index (χ1v) is 7.56. The molecule has 1 aromatic carbocycles. The van der Waals surface area contributed by atoms with Gasteiger partial charge in [-0.3, -0.25) is 9.59 Å². The molecule has 0 radical (unpaired) electrons. The van der Waals surface area contributed by atoms with Crippen LogP contribution in [0, 0.1) is 0 Å². The molecule has 7 nitrogen and oxygen atoms in total. The average molecular weight is 336 g/mol. The Morgan fingerprint density at radius 3 is 2.29 bits per heavy atom. The fourth-order valence-electron chi connectivity index (χ4n) is 1.71. The van der Waals surface area contributed by atoms with Crippen LogP contribution in [0.1, 0.15) is 20.8 Å². The number of likely N-dealkylation sites (N-methyl/N-ethyl adjacent to an activating group) is 1. The topological polar surface area (TPSA) is 84.9 Å². The molecule has 7 heteroatoms. The van der Waals surface area contributed by atoms with Crippen molar-refractivity contribution in [3.8, 4) is 5.75 Å². The van der Waals surface area contributed by atoms with Crippen molar-refractivity contribution >= 4 is 17.8 Å². The number of carbonyl (C=O) groups is 3. The smallest absolute Gasteiger partial charge is 0.344 e. The number of hydrogen-bond acceptors (Lipinski definition) is 5. The minimum Gasteiger partial charge on any atom is -0.482 e. The third-order valence-electron chi connectivity index (χ3n) is 2.78. The molecular weight excluding hydrogens is 312 g/mol. The minimum atomic E-state index is -0.653. The van der Waals surface area contributed by atoms with E-state index in [-0.39, 0.29) is 24.6 Å². The Hall–Kier alpha value is -2.57. The summed E-state index contributed by atoms with van der Waals surface area (Å²) in [5.74, 6) is -0.860. The number of amides is 2. The molecule has 2 amide bonds. The molecule has 132 valence electrons. The van der Waals surface area contributed by atoms with Gasteiger partial charge in [0, 0.05) is 12.6 Å². The van der Waals surface area contributed by atoms with Crippen LogP contribution in [-0.2, 0) is 19.1 Å². The van der Waals surface area contributed by atoms with Gasteiger partial charge in [-0.25, -0.2) is 4.79 Å². The number of benzene rings is 1. The van der Waals surface area contributed by atoms with E-state index in [2.05, 4.69) is 5.32 Å². The SMILES string of the molecule is CN(CC(=O)NC(C)(C)C)C(=O)COC(=O)COc1ccccc1. The fourth-order valence-corrected chi connectivity index (χ4v) is 1.71. The van der Waals surface area contributed by atoms with Gasteiger partial charge >= 0.3 is 5.97 Å². The molecule has 0 saturated heterocycles. The normalized spacial score (nSPS) is 10.7. The van der Waals surface area contributed by atoms with Crippen LogP contribution in [0.25, 0.3) is 0 Å². The lowest BCUT2D eigenvalue weighted by atomic mass is 10.1. The number of esters is 1. The summed E-state index contributed by atoms with van der Waals surface area (Å²) in [4.78, 5) is 36.3. The van der Waals surface area contributed by atoms with Gasteiger partial charge in [-0.15, -0.1) is 0 Å².